The van der Waals surface area contributed by atoms with Crippen LogP contribution in [0, 0.1) is 0 Å². The third-order valence-electron chi connectivity index (χ3n) is 3.10. The first-order valence-electron chi connectivity index (χ1n) is 6.77. The molecule has 1 heterocycles. The van der Waals surface area contributed by atoms with Crippen molar-refractivity contribution in [2.75, 3.05) is 31.6 Å². The normalized spacial score (nSPS) is 14.7. The molecule has 0 fully saturated rings. The summed E-state index contributed by atoms with van der Waals surface area (Å²) in [6.07, 6.45) is -3.49. The highest BCUT2D eigenvalue weighted by atomic mass is 19.4. The highest BCUT2D eigenvalue weighted by Gasteiger charge is 2.30. The molecule has 0 saturated carbocycles. The van der Waals surface area contributed by atoms with Crippen LogP contribution in [-0.2, 0) is 6.54 Å². The molecule has 0 spiro atoms. The molecule has 2 rings (SSSR count). The Morgan fingerprint density at radius 1 is 1.35 bits per heavy atom. The summed E-state index contributed by atoms with van der Waals surface area (Å²) in [5.74, 6) is 0.682. The fraction of sp³-hybridized carbons (Fsp3) is 0.571. The van der Waals surface area contributed by atoms with Gasteiger partial charge in [-0.25, -0.2) is 0 Å². The molecule has 1 aliphatic rings. The van der Waals surface area contributed by atoms with E-state index in [-0.39, 0.29) is 6.54 Å². The Balaban J connectivity index is 2.14. The van der Waals surface area contributed by atoms with Gasteiger partial charge in [-0.1, -0.05) is 19.1 Å². The number of fused-ring (bicyclic) bond motifs is 1. The highest BCUT2D eigenvalue weighted by molar-refractivity contribution is 5.61. The summed E-state index contributed by atoms with van der Waals surface area (Å²) in [6, 6.07) is 5.55. The molecular weight excluding hydrogens is 269 g/mol. The van der Waals surface area contributed by atoms with Crippen molar-refractivity contribution in [2.24, 2.45) is 0 Å². The summed E-state index contributed by atoms with van der Waals surface area (Å²) in [6.45, 7) is 2.91. The molecule has 0 aromatic heterocycles. The summed E-state index contributed by atoms with van der Waals surface area (Å²) in [7, 11) is 0. The lowest BCUT2D eigenvalue weighted by Gasteiger charge is -2.26. The molecule has 6 heteroatoms. The molecule has 0 atom stereocenters. The maximum absolute atomic E-state index is 12.6. The van der Waals surface area contributed by atoms with Gasteiger partial charge in [-0.05, 0) is 19.0 Å². The van der Waals surface area contributed by atoms with Gasteiger partial charge in [0.2, 0.25) is 0 Å². The van der Waals surface area contributed by atoms with Crippen LogP contribution < -0.4 is 10.1 Å². The van der Waals surface area contributed by atoms with Gasteiger partial charge in [0.05, 0.1) is 12.2 Å². The van der Waals surface area contributed by atoms with Crippen molar-refractivity contribution in [2.45, 2.75) is 26.1 Å². The standard InChI is InChI=1S/C14H19F3N2O/c1-2-7-19(10-14(15,16)17)9-11-4-3-5-12-13(11)20-8-6-18-12/h3-5,18H,2,6-10H2,1H3. The first kappa shape index (κ1) is 15.0. The van der Waals surface area contributed by atoms with Crippen LogP contribution in [0.2, 0.25) is 0 Å². The quantitative estimate of drug-likeness (QED) is 0.900. The first-order chi connectivity index (χ1) is 9.49. The predicted octanol–water partition coefficient (Wildman–Crippen LogP) is 3.27. The highest BCUT2D eigenvalue weighted by Crippen LogP contribution is 2.32. The second-order valence-electron chi connectivity index (χ2n) is 4.89. The SMILES string of the molecule is CCCN(Cc1cccc2c1OCCN2)CC(F)(F)F. The summed E-state index contributed by atoms with van der Waals surface area (Å²) in [5, 5.41) is 3.19. The van der Waals surface area contributed by atoms with E-state index in [9.17, 15) is 13.2 Å². The van der Waals surface area contributed by atoms with Crippen molar-refractivity contribution in [3.05, 3.63) is 23.8 Å². The van der Waals surface area contributed by atoms with E-state index in [2.05, 4.69) is 5.32 Å². The second-order valence-corrected chi connectivity index (χ2v) is 4.89. The molecule has 0 aliphatic carbocycles. The van der Waals surface area contributed by atoms with Crippen molar-refractivity contribution in [3.63, 3.8) is 0 Å². The Morgan fingerprint density at radius 3 is 2.85 bits per heavy atom. The molecular formula is C14H19F3N2O. The first-order valence-corrected chi connectivity index (χ1v) is 6.77. The van der Waals surface area contributed by atoms with E-state index in [0.717, 1.165) is 17.8 Å². The minimum Gasteiger partial charge on any atom is -0.489 e. The van der Waals surface area contributed by atoms with Crippen LogP contribution in [0.15, 0.2) is 18.2 Å². The number of benzene rings is 1. The lowest BCUT2D eigenvalue weighted by molar-refractivity contribution is -0.147. The fourth-order valence-electron chi connectivity index (χ4n) is 2.38. The molecule has 1 aliphatic heterocycles. The minimum atomic E-state index is -4.18. The van der Waals surface area contributed by atoms with E-state index in [4.69, 9.17) is 4.74 Å². The number of nitrogens with one attached hydrogen (secondary N) is 1. The van der Waals surface area contributed by atoms with Crippen LogP contribution >= 0.6 is 0 Å². The molecule has 0 saturated heterocycles. The number of rotatable bonds is 5. The molecule has 1 aromatic carbocycles. The van der Waals surface area contributed by atoms with Gasteiger partial charge in [0.1, 0.15) is 12.4 Å². The van der Waals surface area contributed by atoms with E-state index in [1.165, 1.54) is 4.90 Å². The van der Waals surface area contributed by atoms with E-state index in [1.807, 2.05) is 25.1 Å². The van der Waals surface area contributed by atoms with Gasteiger partial charge < -0.3 is 10.1 Å². The lowest BCUT2D eigenvalue weighted by Crippen LogP contribution is -2.34. The lowest BCUT2D eigenvalue weighted by atomic mass is 10.1. The van der Waals surface area contributed by atoms with E-state index < -0.39 is 12.7 Å². The second kappa shape index (κ2) is 6.35. The fourth-order valence-corrected chi connectivity index (χ4v) is 2.38. The maximum atomic E-state index is 12.6. The predicted molar refractivity (Wildman–Crippen MR) is 72.0 cm³/mol. The zero-order valence-corrected chi connectivity index (χ0v) is 11.5. The number of alkyl halides is 3. The Bertz CT molecular complexity index is 449. The average molecular weight is 288 g/mol. The van der Waals surface area contributed by atoms with Gasteiger partial charge >= 0.3 is 6.18 Å². The van der Waals surface area contributed by atoms with Gasteiger partial charge in [0.15, 0.2) is 0 Å². The van der Waals surface area contributed by atoms with Crippen molar-refractivity contribution in [3.8, 4) is 5.75 Å². The van der Waals surface area contributed by atoms with Crippen molar-refractivity contribution in [1.82, 2.24) is 4.90 Å². The average Bonchev–Trinajstić information content (AvgIpc) is 2.37. The summed E-state index contributed by atoms with van der Waals surface area (Å²) < 4.78 is 43.4. The molecule has 0 radical (unpaired) electrons. The maximum Gasteiger partial charge on any atom is 0.401 e. The zero-order valence-electron chi connectivity index (χ0n) is 11.5. The number of ether oxygens (including phenoxy) is 1. The number of para-hydroxylation sites is 1. The monoisotopic (exact) mass is 288 g/mol. The zero-order chi connectivity index (χ0) is 14.6. The molecule has 1 N–H and O–H groups in total. The van der Waals surface area contributed by atoms with Crippen molar-refractivity contribution < 1.29 is 17.9 Å². The Hall–Kier alpha value is -1.43. The van der Waals surface area contributed by atoms with Crippen LogP contribution in [-0.4, -0.2) is 37.3 Å². The third-order valence-corrected chi connectivity index (χ3v) is 3.10. The molecule has 0 unspecified atom stereocenters. The van der Waals surface area contributed by atoms with E-state index >= 15 is 0 Å². The smallest absolute Gasteiger partial charge is 0.401 e. The topological polar surface area (TPSA) is 24.5 Å². The van der Waals surface area contributed by atoms with Gasteiger partial charge in [-0.3, -0.25) is 4.90 Å². The molecule has 0 bridgehead atoms. The van der Waals surface area contributed by atoms with Crippen LogP contribution in [0.3, 0.4) is 0 Å². The molecule has 112 valence electrons. The van der Waals surface area contributed by atoms with Gasteiger partial charge in [0, 0.05) is 18.7 Å². The molecule has 1 aromatic rings. The Morgan fingerprint density at radius 2 is 2.15 bits per heavy atom. The Kier molecular flexibility index (Phi) is 4.75. The Labute approximate surface area is 116 Å². The largest absolute Gasteiger partial charge is 0.489 e. The van der Waals surface area contributed by atoms with Crippen LogP contribution in [0.25, 0.3) is 0 Å². The third kappa shape index (κ3) is 4.03. The number of hydrogen-bond donors (Lipinski definition) is 1. The van der Waals surface area contributed by atoms with E-state index in [0.29, 0.717) is 25.3 Å². The van der Waals surface area contributed by atoms with Crippen molar-refractivity contribution >= 4 is 5.69 Å². The number of nitrogens with zero attached hydrogens (tertiary/aromatic N) is 1. The number of anilines is 1. The summed E-state index contributed by atoms with van der Waals surface area (Å²) in [5.41, 5.74) is 1.66. The van der Waals surface area contributed by atoms with Crippen molar-refractivity contribution in [1.29, 1.82) is 0 Å². The minimum absolute atomic E-state index is 0.248. The van der Waals surface area contributed by atoms with E-state index in [1.54, 1.807) is 0 Å². The molecule has 3 nitrogen and oxygen atoms in total. The number of hydrogen-bond acceptors (Lipinski definition) is 3. The molecule has 0 amide bonds. The van der Waals surface area contributed by atoms with Gasteiger partial charge in [-0.2, -0.15) is 13.2 Å². The van der Waals surface area contributed by atoms with Crippen LogP contribution in [0.5, 0.6) is 5.75 Å². The van der Waals surface area contributed by atoms with Gasteiger partial charge in [0.25, 0.3) is 0 Å². The van der Waals surface area contributed by atoms with Crippen LogP contribution in [0.4, 0.5) is 18.9 Å². The van der Waals surface area contributed by atoms with Crippen LogP contribution in [0.1, 0.15) is 18.9 Å². The number of halogens is 3. The molecule has 20 heavy (non-hydrogen) atoms. The summed E-state index contributed by atoms with van der Waals surface area (Å²) in [4.78, 5) is 1.41. The summed E-state index contributed by atoms with van der Waals surface area (Å²) >= 11 is 0. The van der Waals surface area contributed by atoms with Gasteiger partial charge in [-0.15, -0.1) is 0 Å².